The Labute approximate surface area is 159 Å². The molecule has 0 saturated carbocycles. The van der Waals surface area contributed by atoms with Crippen molar-refractivity contribution >= 4 is 46.2 Å². The Morgan fingerprint density at radius 3 is 1.48 bits per heavy atom. The fraction of sp³-hybridized carbons (Fsp3) is 0. The normalized spacial score (nSPS) is 10.5. The largest absolute Gasteiger partial charge is 0.456 e. The van der Waals surface area contributed by atoms with Crippen LogP contribution in [0.15, 0.2) is 54.6 Å². The minimum atomic E-state index is 0.291. The fourth-order valence-electron chi connectivity index (χ4n) is 2.19. The summed E-state index contributed by atoms with van der Waals surface area (Å²) in [5.41, 5.74) is 12.5. The van der Waals surface area contributed by atoms with E-state index in [2.05, 4.69) is 0 Å². The van der Waals surface area contributed by atoms with Gasteiger partial charge in [-0.25, -0.2) is 0 Å². The van der Waals surface area contributed by atoms with Gasteiger partial charge in [-0.05, 0) is 36.4 Å². The minimum absolute atomic E-state index is 0.291. The summed E-state index contributed by atoms with van der Waals surface area (Å²) in [5, 5.41) is 1.22. The van der Waals surface area contributed by atoms with Crippen molar-refractivity contribution < 1.29 is 9.47 Å². The first-order chi connectivity index (χ1) is 11.9. The van der Waals surface area contributed by atoms with Crippen LogP contribution < -0.4 is 20.9 Å². The molecule has 0 spiro atoms. The van der Waals surface area contributed by atoms with Crippen molar-refractivity contribution in [3.8, 4) is 23.0 Å². The molecule has 0 unspecified atom stereocenters. The third kappa shape index (κ3) is 4.42. The summed E-state index contributed by atoms with van der Waals surface area (Å²) >= 11 is 18.4. The maximum Gasteiger partial charge on any atom is 0.149 e. The average Bonchev–Trinajstić information content (AvgIpc) is 2.49. The van der Waals surface area contributed by atoms with Gasteiger partial charge in [0.05, 0.1) is 0 Å². The topological polar surface area (TPSA) is 70.5 Å². The predicted octanol–water partition coefficient (Wildman–Crippen LogP) is 6.40. The third-order valence-electron chi connectivity index (χ3n) is 3.17. The summed E-state index contributed by atoms with van der Waals surface area (Å²) in [6, 6.07) is 15.0. The fourth-order valence-corrected chi connectivity index (χ4v) is 2.86. The van der Waals surface area contributed by atoms with Crippen LogP contribution in [0.5, 0.6) is 23.0 Å². The van der Waals surface area contributed by atoms with E-state index in [1.165, 1.54) is 0 Å². The molecule has 0 aliphatic rings. The molecule has 0 aliphatic carbocycles. The zero-order valence-electron chi connectivity index (χ0n) is 12.8. The van der Waals surface area contributed by atoms with Crippen LogP contribution in [0.2, 0.25) is 15.1 Å². The van der Waals surface area contributed by atoms with Gasteiger partial charge in [-0.1, -0.05) is 40.9 Å². The molecule has 7 heteroatoms. The van der Waals surface area contributed by atoms with Crippen molar-refractivity contribution in [1.82, 2.24) is 0 Å². The van der Waals surface area contributed by atoms with Crippen LogP contribution in [0.25, 0.3) is 0 Å². The van der Waals surface area contributed by atoms with E-state index >= 15 is 0 Å². The summed E-state index contributed by atoms with van der Waals surface area (Å²) < 4.78 is 11.5. The molecule has 0 saturated heterocycles. The van der Waals surface area contributed by atoms with E-state index in [0.29, 0.717) is 49.4 Å². The van der Waals surface area contributed by atoms with Crippen LogP contribution in [0.4, 0.5) is 11.4 Å². The van der Waals surface area contributed by atoms with Gasteiger partial charge < -0.3 is 20.9 Å². The summed E-state index contributed by atoms with van der Waals surface area (Å²) in [7, 11) is 0. The Kier molecular flexibility index (Phi) is 5.13. The summed E-state index contributed by atoms with van der Waals surface area (Å²) in [6.45, 7) is 0. The van der Waals surface area contributed by atoms with Gasteiger partial charge in [0.2, 0.25) is 0 Å². The van der Waals surface area contributed by atoms with Crippen LogP contribution >= 0.6 is 34.8 Å². The first-order valence-electron chi connectivity index (χ1n) is 7.17. The smallest absolute Gasteiger partial charge is 0.149 e. The zero-order valence-corrected chi connectivity index (χ0v) is 15.1. The molecule has 0 aliphatic heterocycles. The van der Waals surface area contributed by atoms with E-state index in [-0.39, 0.29) is 0 Å². The highest BCUT2D eigenvalue weighted by molar-refractivity contribution is 6.33. The van der Waals surface area contributed by atoms with Crippen molar-refractivity contribution in [3.05, 3.63) is 69.7 Å². The first-order valence-corrected chi connectivity index (χ1v) is 8.30. The van der Waals surface area contributed by atoms with Gasteiger partial charge in [-0.15, -0.1) is 0 Å². The molecule has 128 valence electrons. The number of halogens is 3. The molecule has 0 radical (unpaired) electrons. The average molecular weight is 396 g/mol. The number of hydrogen-bond acceptors (Lipinski definition) is 4. The lowest BCUT2D eigenvalue weighted by atomic mass is 10.3. The number of ether oxygens (including phenoxy) is 2. The third-order valence-corrected chi connectivity index (χ3v) is 3.98. The lowest BCUT2D eigenvalue weighted by Crippen LogP contribution is -1.92. The Balaban J connectivity index is 1.89. The molecule has 0 bridgehead atoms. The number of anilines is 2. The molecule has 3 aromatic rings. The van der Waals surface area contributed by atoms with E-state index in [1.807, 2.05) is 0 Å². The van der Waals surface area contributed by atoms with Crippen LogP contribution in [0.1, 0.15) is 0 Å². The van der Waals surface area contributed by atoms with E-state index in [9.17, 15) is 0 Å². The Hall–Kier alpha value is -2.27. The highest BCUT2D eigenvalue weighted by Gasteiger charge is 2.12. The van der Waals surface area contributed by atoms with Crippen LogP contribution in [0.3, 0.4) is 0 Å². The van der Waals surface area contributed by atoms with E-state index in [0.717, 1.165) is 0 Å². The quantitative estimate of drug-likeness (QED) is 0.502. The molecule has 0 fully saturated rings. The van der Waals surface area contributed by atoms with Crippen molar-refractivity contribution in [2.24, 2.45) is 0 Å². The van der Waals surface area contributed by atoms with E-state index < -0.39 is 0 Å². The second kappa shape index (κ2) is 7.31. The standard InChI is InChI=1S/C18H13Cl3N2O2/c19-10-4-12(22)8-14(6-10)24-16-2-1-3-17(18(16)21)25-15-7-11(20)5-13(23)9-15/h1-9H,22-23H2. The van der Waals surface area contributed by atoms with Crippen LogP contribution in [-0.2, 0) is 0 Å². The van der Waals surface area contributed by atoms with E-state index in [4.69, 9.17) is 55.7 Å². The van der Waals surface area contributed by atoms with Crippen molar-refractivity contribution in [3.63, 3.8) is 0 Å². The summed E-state index contributed by atoms with van der Waals surface area (Å²) in [6.07, 6.45) is 0. The number of hydrogen-bond donors (Lipinski definition) is 2. The SMILES string of the molecule is Nc1cc(Cl)cc(Oc2cccc(Oc3cc(N)cc(Cl)c3)c2Cl)c1. The maximum absolute atomic E-state index is 6.39. The molecule has 0 aromatic heterocycles. The van der Waals surface area contributed by atoms with Crippen molar-refractivity contribution in [2.45, 2.75) is 0 Å². The molecular formula is C18H13Cl3N2O2. The van der Waals surface area contributed by atoms with Crippen molar-refractivity contribution in [1.29, 1.82) is 0 Å². The van der Waals surface area contributed by atoms with Crippen molar-refractivity contribution in [2.75, 3.05) is 11.5 Å². The molecule has 0 amide bonds. The zero-order chi connectivity index (χ0) is 18.0. The van der Waals surface area contributed by atoms with Gasteiger partial charge in [-0.2, -0.15) is 0 Å². The van der Waals surface area contributed by atoms with Gasteiger partial charge in [0.25, 0.3) is 0 Å². The first kappa shape index (κ1) is 17.5. The number of benzene rings is 3. The lowest BCUT2D eigenvalue weighted by molar-refractivity contribution is 0.461. The van der Waals surface area contributed by atoms with Gasteiger partial charge in [0.1, 0.15) is 28.0 Å². The minimum Gasteiger partial charge on any atom is -0.456 e. The Morgan fingerprint density at radius 1 is 0.640 bits per heavy atom. The molecule has 4 nitrogen and oxygen atoms in total. The molecule has 0 heterocycles. The molecule has 0 atom stereocenters. The summed E-state index contributed by atoms with van der Waals surface area (Å²) in [5.74, 6) is 1.73. The second-order valence-corrected chi connectivity index (χ2v) is 6.46. The second-order valence-electron chi connectivity index (χ2n) is 5.21. The Bertz CT molecular complexity index is 820. The molecule has 3 aromatic carbocycles. The number of nitrogens with two attached hydrogens (primary N) is 2. The van der Waals surface area contributed by atoms with E-state index in [1.54, 1.807) is 54.6 Å². The number of nitrogen functional groups attached to an aromatic ring is 2. The summed E-state index contributed by atoms with van der Waals surface area (Å²) in [4.78, 5) is 0. The molecule has 4 N–H and O–H groups in total. The molecular weight excluding hydrogens is 383 g/mol. The lowest BCUT2D eigenvalue weighted by Gasteiger charge is -2.13. The van der Waals surface area contributed by atoms with Gasteiger partial charge >= 0.3 is 0 Å². The van der Waals surface area contributed by atoms with Crippen LogP contribution in [-0.4, -0.2) is 0 Å². The molecule has 25 heavy (non-hydrogen) atoms. The highest BCUT2D eigenvalue weighted by atomic mass is 35.5. The van der Waals surface area contributed by atoms with Gasteiger partial charge in [0.15, 0.2) is 0 Å². The van der Waals surface area contributed by atoms with Gasteiger partial charge in [0, 0.05) is 33.6 Å². The predicted molar refractivity (Wildman–Crippen MR) is 103 cm³/mol. The Morgan fingerprint density at radius 2 is 1.08 bits per heavy atom. The monoisotopic (exact) mass is 394 g/mol. The molecule has 3 rings (SSSR count). The highest BCUT2D eigenvalue weighted by Crippen LogP contribution is 2.40. The van der Waals surface area contributed by atoms with Gasteiger partial charge in [-0.3, -0.25) is 0 Å². The maximum atomic E-state index is 6.39. The van der Waals surface area contributed by atoms with Crippen LogP contribution in [0, 0.1) is 0 Å². The number of rotatable bonds is 4.